The Morgan fingerprint density at radius 2 is 2.09 bits per heavy atom. The van der Waals surface area contributed by atoms with Crippen LogP contribution in [0.1, 0.15) is 42.5 Å². The highest BCUT2D eigenvalue weighted by atomic mass is 15.4. The van der Waals surface area contributed by atoms with Crippen LogP contribution in [0.4, 0.5) is 5.82 Å². The van der Waals surface area contributed by atoms with Crippen LogP contribution in [0.5, 0.6) is 0 Å². The van der Waals surface area contributed by atoms with Gasteiger partial charge in [-0.3, -0.25) is 4.90 Å². The number of rotatable bonds is 5. The molecule has 2 aliphatic rings. The van der Waals surface area contributed by atoms with Crippen LogP contribution in [0, 0.1) is 0 Å². The highest BCUT2D eigenvalue weighted by molar-refractivity contribution is 5.37. The molecule has 1 aliphatic heterocycles. The predicted molar refractivity (Wildman–Crippen MR) is 89.5 cm³/mol. The van der Waals surface area contributed by atoms with Crippen LogP contribution in [-0.2, 0) is 6.54 Å². The zero-order chi connectivity index (χ0) is 15.8. The van der Waals surface area contributed by atoms with Crippen molar-refractivity contribution in [3.63, 3.8) is 0 Å². The van der Waals surface area contributed by atoms with Crippen LogP contribution >= 0.6 is 0 Å². The quantitative estimate of drug-likeness (QED) is 0.846. The molecule has 4 rings (SSSR count). The van der Waals surface area contributed by atoms with E-state index in [-0.39, 0.29) is 0 Å². The van der Waals surface area contributed by atoms with Crippen molar-refractivity contribution < 1.29 is 0 Å². The van der Waals surface area contributed by atoms with Crippen molar-refractivity contribution in [2.75, 3.05) is 32.1 Å². The standard InChI is InChI=1S/C17H24N6/c1-21(2)17-6-3-13(9-18-17)10-22-8-7-15(11-22)23-12-16(19-20-23)14-4-5-14/h3,6,9,12,14-15H,4-5,7-8,10-11H2,1-2H3. The van der Waals surface area contributed by atoms with E-state index in [4.69, 9.17) is 0 Å². The molecule has 0 N–H and O–H groups in total. The summed E-state index contributed by atoms with van der Waals surface area (Å²) in [6.07, 6.45) is 7.87. The van der Waals surface area contributed by atoms with E-state index in [1.54, 1.807) is 0 Å². The summed E-state index contributed by atoms with van der Waals surface area (Å²) in [5.74, 6) is 1.69. The lowest BCUT2D eigenvalue weighted by atomic mass is 10.2. The van der Waals surface area contributed by atoms with Crippen molar-refractivity contribution in [1.29, 1.82) is 0 Å². The summed E-state index contributed by atoms with van der Waals surface area (Å²) in [7, 11) is 4.03. The SMILES string of the molecule is CN(C)c1ccc(CN2CCC(n3cc(C4CC4)nn3)C2)cn1. The molecule has 1 aliphatic carbocycles. The van der Waals surface area contributed by atoms with Crippen LogP contribution in [0.25, 0.3) is 0 Å². The lowest BCUT2D eigenvalue weighted by molar-refractivity contribution is 0.310. The molecule has 1 saturated heterocycles. The fourth-order valence-corrected chi connectivity index (χ4v) is 3.24. The molecule has 6 heteroatoms. The number of anilines is 1. The first-order valence-electron chi connectivity index (χ1n) is 8.45. The van der Waals surface area contributed by atoms with Gasteiger partial charge in [0.05, 0.1) is 11.7 Å². The minimum Gasteiger partial charge on any atom is -0.363 e. The van der Waals surface area contributed by atoms with E-state index in [0.717, 1.165) is 31.9 Å². The number of hydrogen-bond donors (Lipinski definition) is 0. The van der Waals surface area contributed by atoms with E-state index in [0.29, 0.717) is 12.0 Å². The second-order valence-electron chi connectivity index (χ2n) is 6.99. The molecule has 0 aromatic carbocycles. The van der Waals surface area contributed by atoms with Gasteiger partial charge in [-0.05, 0) is 30.9 Å². The van der Waals surface area contributed by atoms with Crippen molar-refractivity contribution in [3.05, 3.63) is 35.8 Å². The molecule has 1 atom stereocenters. The maximum absolute atomic E-state index is 4.50. The molecule has 23 heavy (non-hydrogen) atoms. The molecule has 0 spiro atoms. The zero-order valence-electron chi connectivity index (χ0n) is 13.9. The molecule has 3 heterocycles. The normalized spacial score (nSPS) is 21.7. The topological polar surface area (TPSA) is 50.1 Å². The van der Waals surface area contributed by atoms with Gasteiger partial charge in [-0.25, -0.2) is 9.67 Å². The fourth-order valence-electron chi connectivity index (χ4n) is 3.24. The Balaban J connectivity index is 1.36. The average molecular weight is 312 g/mol. The third-order valence-electron chi connectivity index (χ3n) is 4.82. The van der Waals surface area contributed by atoms with Crippen molar-refractivity contribution >= 4 is 5.82 Å². The molecule has 1 unspecified atom stereocenters. The van der Waals surface area contributed by atoms with Crippen molar-refractivity contribution in [2.45, 2.75) is 37.8 Å². The van der Waals surface area contributed by atoms with E-state index in [1.165, 1.54) is 24.1 Å². The van der Waals surface area contributed by atoms with Crippen LogP contribution < -0.4 is 4.90 Å². The van der Waals surface area contributed by atoms with Gasteiger partial charge >= 0.3 is 0 Å². The Kier molecular flexibility index (Phi) is 3.77. The molecule has 2 fully saturated rings. The van der Waals surface area contributed by atoms with E-state index in [2.05, 4.69) is 43.2 Å². The fraction of sp³-hybridized carbons (Fsp3) is 0.588. The van der Waals surface area contributed by atoms with Gasteiger partial charge in [0.2, 0.25) is 0 Å². The third-order valence-corrected chi connectivity index (χ3v) is 4.82. The Bertz CT molecular complexity index is 658. The van der Waals surface area contributed by atoms with Gasteiger partial charge in [0, 0.05) is 52.0 Å². The zero-order valence-corrected chi connectivity index (χ0v) is 13.9. The minimum absolute atomic E-state index is 0.462. The molecular weight excluding hydrogens is 288 g/mol. The Morgan fingerprint density at radius 1 is 1.22 bits per heavy atom. The second-order valence-corrected chi connectivity index (χ2v) is 6.99. The lowest BCUT2D eigenvalue weighted by Crippen LogP contribution is -2.21. The van der Waals surface area contributed by atoms with E-state index >= 15 is 0 Å². The highest BCUT2D eigenvalue weighted by Crippen LogP contribution is 2.39. The van der Waals surface area contributed by atoms with Gasteiger partial charge in [-0.1, -0.05) is 11.3 Å². The van der Waals surface area contributed by atoms with E-state index in [1.807, 2.05) is 25.2 Å². The van der Waals surface area contributed by atoms with Gasteiger partial charge in [-0.15, -0.1) is 5.10 Å². The van der Waals surface area contributed by atoms with Crippen molar-refractivity contribution in [3.8, 4) is 0 Å². The molecule has 2 aromatic rings. The van der Waals surface area contributed by atoms with Gasteiger partial charge in [0.15, 0.2) is 0 Å². The maximum Gasteiger partial charge on any atom is 0.127 e. The van der Waals surface area contributed by atoms with Crippen LogP contribution in [-0.4, -0.2) is 52.1 Å². The summed E-state index contributed by atoms with van der Waals surface area (Å²) < 4.78 is 2.08. The minimum atomic E-state index is 0.462. The van der Waals surface area contributed by atoms with Gasteiger partial charge in [0.1, 0.15) is 5.82 Å². The lowest BCUT2D eigenvalue weighted by Gasteiger charge is -2.17. The molecule has 6 nitrogen and oxygen atoms in total. The number of nitrogens with zero attached hydrogens (tertiary/aromatic N) is 6. The molecule has 0 bridgehead atoms. The van der Waals surface area contributed by atoms with Crippen LogP contribution in [0.15, 0.2) is 24.5 Å². The second kappa shape index (κ2) is 5.92. The van der Waals surface area contributed by atoms with Crippen LogP contribution in [0.3, 0.4) is 0 Å². The summed E-state index contributed by atoms with van der Waals surface area (Å²) in [6, 6.07) is 4.72. The molecule has 2 aromatic heterocycles. The average Bonchev–Trinajstić information content (AvgIpc) is 3.09. The van der Waals surface area contributed by atoms with E-state index < -0.39 is 0 Å². The Hall–Kier alpha value is -1.95. The third kappa shape index (κ3) is 3.22. The van der Waals surface area contributed by atoms with Gasteiger partial charge < -0.3 is 4.90 Å². The van der Waals surface area contributed by atoms with Crippen LogP contribution in [0.2, 0.25) is 0 Å². The first kappa shape index (κ1) is 14.6. The number of aromatic nitrogens is 4. The molecular formula is C17H24N6. The smallest absolute Gasteiger partial charge is 0.127 e. The first-order chi connectivity index (χ1) is 11.2. The summed E-state index contributed by atoms with van der Waals surface area (Å²) in [4.78, 5) is 9.01. The summed E-state index contributed by atoms with van der Waals surface area (Å²) >= 11 is 0. The van der Waals surface area contributed by atoms with Crippen molar-refractivity contribution in [1.82, 2.24) is 24.9 Å². The number of pyridine rings is 1. The van der Waals surface area contributed by atoms with Crippen molar-refractivity contribution in [2.24, 2.45) is 0 Å². The molecule has 122 valence electrons. The van der Waals surface area contributed by atoms with E-state index in [9.17, 15) is 0 Å². The van der Waals surface area contributed by atoms with Gasteiger partial charge in [-0.2, -0.15) is 0 Å². The summed E-state index contributed by atoms with van der Waals surface area (Å²) in [5, 5.41) is 8.69. The maximum atomic E-state index is 4.50. The highest BCUT2D eigenvalue weighted by Gasteiger charge is 2.29. The first-order valence-corrected chi connectivity index (χ1v) is 8.45. The largest absolute Gasteiger partial charge is 0.363 e. The number of likely N-dealkylation sites (tertiary alicyclic amines) is 1. The van der Waals surface area contributed by atoms with Gasteiger partial charge in [0.25, 0.3) is 0 Å². The molecule has 0 amide bonds. The monoisotopic (exact) mass is 312 g/mol. The number of hydrogen-bond acceptors (Lipinski definition) is 5. The predicted octanol–water partition coefficient (Wildman–Crippen LogP) is 2.06. The molecule has 1 saturated carbocycles. The Morgan fingerprint density at radius 3 is 2.78 bits per heavy atom. The summed E-state index contributed by atoms with van der Waals surface area (Å²) in [5.41, 5.74) is 2.46. The molecule has 0 radical (unpaired) electrons. The Labute approximate surface area is 137 Å². The summed E-state index contributed by atoms with van der Waals surface area (Å²) in [6.45, 7) is 3.11.